The van der Waals surface area contributed by atoms with E-state index in [0.29, 0.717) is 12.8 Å². The first-order valence-corrected chi connectivity index (χ1v) is 7.29. The predicted molar refractivity (Wildman–Crippen MR) is 84.4 cm³/mol. The van der Waals surface area contributed by atoms with Gasteiger partial charge in [-0.25, -0.2) is 0 Å². The number of rotatable bonds is 0. The molecule has 5 nitrogen and oxygen atoms in total. The van der Waals surface area contributed by atoms with E-state index in [1.807, 2.05) is 48.5 Å². The highest BCUT2D eigenvalue weighted by atomic mass is 16.5. The molecule has 0 radical (unpaired) electrons. The molecule has 0 aliphatic carbocycles. The van der Waals surface area contributed by atoms with Gasteiger partial charge in [-0.3, -0.25) is 9.59 Å². The molecule has 0 saturated carbocycles. The second-order valence-electron chi connectivity index (χ2n) is 5.16. The maximum atomic E-state index is 10.8. The third kappa shape index (κ3) is 4.17. The second kappa shape index (κ2) is 7.56. The summed E-state index contributed by atoms with van der Waals surface area (Å²) < 4.78 is 9.99. The van der Waals surface area contributed by atoms with E-state index in [2.05, 4.69) is 0 Å². The average molecular weight is 314 g/mol. The van der Waals surface area contributed by atoms with Gasteiger partial charge >= 0.3 is 11.9 Å². The predicted octanol–water partition coefficient (Wildman–Crippen LogP) is 2.25. The summed E-state index contributed by atoms with van der Waals surface area (Å²) in [5.41, 5.74) is 2.26. The Morgan fingerprint density at radius 3 is 1.43 bits per heavy atom. The Kier molecular flexibility index (Phi) is 5.49. The fraction of sp³-hybridized carbons (Fsp3) is 0.222. The van der Waals surface area contributed by atoms with E-state index >= 15 is 0 Å². The van der Waals surface area contributed by atoms with Crippen LogP contribution in [0.4, 0.5) is 0 Å². The lowest BCUT2D eigenvalue weighted by Crippen LogP contribution is -2.15. The number of carbonyl (C=O) groups is 2. The lowest BCUT2D eigenvalue weighted by molar-refractivity contribution is -0.136. The van der Waals surface area contributed by atoms with Gasteiger partial charge in [-0.15, -0.1) is 0 Å². The molecule has 2 heterocycles. The van der Waals surface area contributed by atoms with Crippen LogP contribution in [0.5, 0.6) is 11.5 Å². The van der Waals surface area contributed by atoms with Crippen LogP contribution >= 0.6 is 0 Å². The summed E-state index contributed by atoms with van der Waals surface area (Å²) in [7, 11) is 0. The topological polar surface area (TPSA) is 84.1 Å². The fourth-order valence-electron chi connectivity index (χ4n) is 2.44. The van der Waals surface area contributed by atoms with Crippen molar-refractivity contribution in [3.05, 3.63) is 59.7 Å². The Bertz CT molecular complexity index is 647. The van der Waals surface area contributed by atoms with Gasteiger partial charge in [0.1, 0.15) is 11.5 Å². The highest BCUT2D eigenvalue weighted by molar-refractivity contribution is 5.75. The van der Waals surface area contributed by atoms with Gasteiger partial charge in [0.2, 0.25) is 0 Å². The van der Waals surface area contributed by atoms with Crippen LogP contribution in [-0.4, -0.2) is 17.4 Å². The third-order valence-electron chi connectivity index (χ3n) is 3.59. The summed E-state index contributed by atoms with van der Waals surface area (Å²) in [6, 6.07) is 15.3. The molecule has 5 heteroatoms. The zero-order chi connectivity index (χ0) is 15.4. The van der Waals surface area contributed by atoms with Crippen molar-refractivity contribution in [2.24, 2.45) is 0 Å². The molecule has 2 aliphatic rings. The summed E-state index contributed by atoms with van der Waals surface area (Å²) in [5, 5.41) is 0. The monoisotopic (exact) mass is 314 g/mol. The van der Waals surface area contributed by atoms with E-state index < -0.39 is 0 Å². The van der Waals surface area contributed by atoms with Crippen molar-refractivity contribution in [3.63, 3.8) is 0 Å². The molecule has 23 heavy (non-hydrogen) atoms. The zero-order valence-corrected chi connectivity index (χ0v) is 12.6. The molecule has 0 spiro atoms. The van der Waals surface area contributed by atoms with E-state index in [-0.39, 0.29) is 17.4 Å². The van der Waals surface area contributed by atoms with Crippen LogP contribution in [0.15, 0.2) is 48.5 Å². The highest BCUT2D eigenvalue weighted by Gasteiger charge is 2.15. The zero-order valence-electron chi connectivity index (χ0n) is 12.6. The Morgan fingerprint density at radius 2 is 1.00 bits per heavy atom. The van der Waals surface area contributed by atoms with Gasteiger partial charge in [-0.05, 0) is 36.1 Å². The van der Waals surface area contributed by atoms with E-state index in [0.717, 1.165) is 35.5 Å². The van der Waals surface area contributed by atoms with Crippen LogP contribution in [0.2, 0.25) is 0 Å². The molecule has 2 aromatic carbocycles. The Balaban J connectivity index is 0.000000160. The largest absolute Gasteiger partial charge is 0.426 e. The average Bonchev–Trinajstić information content (AvgIpc) is 2.55. The van der Waals surface area contributed by atoms with E-state index in [1.165, 1.54) is 0 Å². The van der Waals surface area contributed by atoms with Crippen molar-refractivity contribution in [2.45, 2.75) is 25.7 Å². The summed E-state index contributed by atoms with van der Waals surface area (Å²) in [4.78, 5) is 21.6. The molecule has 120 valence electrons. The van der Waals surface area contributed by atoms with E-state index in [4.69, 9.17) is 9.47 Å². The number of benzene rings is 2. The Morgan fingerprint density at radius 1 is 0.609 bits per heavy atom. The van der Waals surface area contributed by atoms with Gasteiger partial charge in [-0.1, -0.05) is 36.4 Å². The molecule has 2 aromatic rings. The second-order valence-corrected chi connectivity index (χ2v) is 5.16. The molecule has 4 rings (SSSR count). The molecular formula is C18H18O5. The summed E-state index contributed by atoms with van der Waals surface area (Å²) in [6.45, 7) is 0. The van der Waals surface area contributed by atoms with Crippen LogP contribution in [0.3, 0.4) is 0 Å². The van der Waals surface area contributed by atoms with Crippen LogP contribution in [0, 0.1) is 0 Å². The molecule has 2 aliphatic heterocycles. The first-order valence-electron chi connectivity index (χ1n) is 7.29. The van der Waals surface area contributed by atoms with E-state index in [1.54, 1.807) is 0 Å². The third-order valence-corrected chi connectivity index (χ3v) is 3.59. The van der Waals surface area contributed by atoms with Gasteiger partial charge in [0.15, 0.2) is 0 Å². The van der Waals surface area contributed by atoms with Crippen LogP contribution < -0.4 is 9.47 Å². The number of fused-ring (bicyclic) bond motifs is 2. The molecule has 0 aromatic heterocycles. The smallest absolute Gasteiger partial charge is 0.311 e. The van der Waals surface area contributed by atoms with Crippen molar-refractivity contribution >= 4 is 11.9 Å². The Hall–Kier alpha value is -2.66. The van der Waals surface area contributed by atoms with Gasteiger partial charge in [0.25, 0.3) is 0 Å². The van der Waals surface area contributed by atoms with Crippen LogP contribution in [-0.2, 0) is 22.4 Å². The first-order chi connectivity index (χ1) is 10.7. The number of esters is 2. The lowest BCUT2D eigenvalue weighted by Gasteiger charge is -2.13. The minimum Gasteiger partial charge on any atom is -0.426 e. The molecular weight excluding hydrogens is 296 g/mol. The standard InChI is InChI=1S/2C9H8O2.H2O/c2*10-9-6-5-7-3-1-2-4-8(7)11-9;/h2*1-4H,5-6H2;1H2. The number of hydrogen-bond acceptors (Lipinski definition) is 4. The quantitative estimate of drug-likeness (QED) is 0.551. The van der Waals surface area contributed by atoms with Crippen molar-refractivity contribution in [2.75, 3.05) is 0 Å². The molecule has 0 atom stereocenters. The minimum atomic E-state index is -0.122. The summed E-state index contributed by atoms with van der Waals surface area (Å²) >= 11 is 0. The van der Waals surface area contributed by atoms with Gasteiger partial charge in [0, 0.05) is 0 Å². The first kappa shape index (κ1) is 16.7. The van der Waals surface area contributed by atoms with Crippen molar-refractivity contribution in [1.82, 2.24) is 0 Å². The summed E-state index contributed by atoms with van der Waals surface area (Å²) in [6.07, 6.45) is 2.65. The maximum Gasteiger partial charge on any atom is 0.311 e. The molecule has 0 amide bonds. The number of aryl methyl sites for hydroxylation is 2. The van der Waals surface area contributed by atoms with Crippen molar-refractivity contribution in [3.8, 4) is 11.5 Å². The molecule has 0 unspecified atom stereocenters. The molecule has 0 saturated heterocycles. The van der Waals surface area contributed by atoms with Gasteiger partial charge in [0.05, 0.1) is 12.8 Å². The lowest BCUT2D eigenvalue weighted by atomic mass is 10.1. The SMILES string of the molecule is O.O=C1CCc2ccccc2O1.O=C1CCc2ccccc2O1. The number of carbonyl (C=O) groups excluding carboxylic acids is 2. The number of para-hydroxylation sites is 2. The van der Waals surface area contributed by atoms with Gasteiger partial charge in [-0.2, -0.15) is 0 Å². The Labute approximate surface area is 134 Å². The molecule has 0 bridgehead atoms. The highest BCUT2D eigenvalue weighted by Crippen LogP contribution is 2.24. The van der Waals surface area contributed by atoms with Crippen LogP contribution in [0.25, 0.3) is 0 Å². The normalized spacial score (nSPS) is 14.8. The fourth-order valence-corrected chi connectivity index (χ4v) is 2.44. The number of hydrogen-bond donors (Lipinski definition) is 0. The van der Waals surface area contributed by atoms with E-state index in [9.17, 15) is 9.59 Å². The molecule has 0 fully saturated rings. The van der Waals surface area contributed by atoms with Crippen LogP contribution in [0.1, 0.15) is 24.0 Å². The minimum absolute atomic E-state index is 0. The molecule has 2 N–H and O–H groups in total. The van der Waals surface area contributed by atoms with Gasteiger partial charge < -0.3 is 14.9 Å². The van der Waals surface area contributed by atoms with Crippen molar-refractivity contribution in [1.29, 1.82) is 0 Å². The summed E-state index contributed by atoms with van der Waals surface area (Å²) in [5.74, 6) is 1.21. The number of ether oxygens (including phenoxy) is 2. The maximum absolute atomic E-state index is 10.8. The van der Waals surface area contributed by atoms with Crippen molar-refractivity contribution < 1.29 is 24.5 Å².